The van der Waals surface area contributed by atoms with Crippen LogP contribution < -0.4 is 10.7 Å². The smallest absolute Gasteiger partial charge is 0.0939 e. The summed E-state index contributed by atoms with van der Waals surface area (Å²) >= 11 is 0. The molecule has 2 N–H and O–H groups in total. The van der Waals surface area contributed by atoms with Gasteiger partial charge in [0.15, 0.2) is 0 Å². The predicted octanol–water partition coefficient (Wildman–Crippen LogP) is 0.0282. The molecule has 0 spiro atoms. The third-order valence-electron chi connectivity index (χ3n) is 2.05. The van der Waals surface area contributed by atoms with Crippen molar-refractivity contribution < 1.29 is 0 Å². The molecule has 2 aliphatic heterocycles. The molecule has 0 aromatic rings. The van der Waals surface area contributed by atoms with Crippen LogP contribution in [0.25, 0.3) is 0 Å². The molecular weight excluding hydrogens is 126 g/mol. The van der Waals surface area contributed by atoms with Gasteiger partial charge in [-0.15, -0.1) is 0 Å². The van der Waals surface area contributed by atoms with Crippen molar-refractivity contribution in [3.8, 4) is 0 Å². The maximum atomic E-state index is 3.38. The molecule has 2 rings (SSSR count). The molecule has 2 aliphatic rings. The summed E-state index contributed by atoms with van der Waals surface area (Å²) in [6.45, 7) is 3.24. The minimum atomic E-state index is 0.528. The Labute approximate surface area is 61.1 Å². The van der Waals surface area contributed by atoms with Gasteiger partial charge in [0.25, 0.3) is 0 Å². The van der Waals surface area contributed by atoms with E-state index < -0.39 is 0 Å². The molecule has 56 valence electrons. The van der Waals surface area contributed by atoms with Gasteiger partial charge in [0.05, 0.1) is 6.17 Å². The number of fused-ring (bicyclic) bond motifs is 1. The largest absolute Gasteiger partial charge is 0.375 e. The first-order chi connectivity index (χ1) is 4.86. The van der Waals surface area contributed by atoms with Gasteiger partial charge in [0, 0.05) is 12.6 Å². The fourth-order valence-corrected chi connectivity index (χ4v) is 1.57. The molecule has 0 aromatic heterocycles. The van der Waals surface area contributed by atoms with Crippen molar-refractivity contribution in [1.29, 1.82) is 0 Å². The molecule has 3 heteroatoms. The molecule has 1 saturated heterocycles. The first-order valence-electron chi connectivity index (χ1n) is 3.80. The van der Waals surface area contributed by atoms with Gasteiger partial charge in [-0.2, -0.15) is 0 Å². The Hall–Kier alpha value is -0.540. The van der Waals surface area contributed by atoms with Crippen LogP contribution in [0.2, 0.25) is 0 Å². The average molecular weight is 139 g/mol. The predicted molar refractivity (Wildman–Crippen MR) is 40.0 cm³/mol. The Morgan fingerprint density at radius 1 is 1.60 bits per heavy atom. The molecule has 2 heterocycles. The van der Waals surface area contributed by atoms with Gasteiger partial charge in [-0.05, 0) is 19.5 Å². The van der Waals surface area contributed by atoms with Crippen molar-refractivity contribution in [2.45, 2.75) is 25.6 Å². The summed E-state index contributed by atoms with van der Waals surface area (Å²) < 4.78 is 0. The molecule has 0 bridgehead atoms. The molecule has 0 saturated carbocycles. The molecule has 2 atom stereocenters. The standard InChI is InChI=1S/C7H13N3/c1-6-5-7-8-3-2-4-10(7)9-6/h2-3,6-9H,4-5H2,1H3. The van der Waals surface area contributed by atoms with Crippen LogP contribution in [0.4, 0.5) is 0 Å². The number of hydrazine groups is 1. The summed E-state index contributed by atoms with van der Waals surface area (Å²) in [4.78, 5) is 0. The number of nitrogens with one attached hydrogen (secondary N) is 2. The van der Waals surface area contributed by atoms with Gasteiger partial charge < -0.3 is 5.32 Å². The molecule has 0 amide bonds. The molecule has 0 aliphatic carbocycles. The van der Waals surface area contributed by atoms with E-state index in [0.717, 1.165) is 6.54 Å². The van der Waals surface area contributed by atoms with Gasteiger partial charge in [-0.3, -0.25) is 5.43 Å². The maximum absolute atomic E-state index is 3.38. The molecule has 2 unspecified atom stereocenters. The van der Waals surface area contributed by atoms with Crippen molar-refractivity contribution in [3.63, 3.8) is 0 Å². The van der Waals surface area contributed by atoms with Crippen molar-refractivity contribution in [2.24, 2.45) is 0 Å². The highest BCUT2D eigenvalue weighted by atomic mass is 15.6. The zero-order chi connectivity index (χ0) is 6.97. The Bertz CT molecular complexity index is 139. The fraction of sp³-hybridized carbons (Fsp3) is 0.714. The summed E-state index contributed by atoms with van der Waals surface area (Å²) in [7, 11) is 0. The molecule has 0 radical (unpaired) electrons. The summed E-state index contributed by atoms with van der Waals surface area (Å²) in [5.74, 6) is 0. The van der Waals surface area contributed by atoms with Crippen LogP contribution in [-0.4, -0.2) is 23.8 Å². The summed E-state index contributed by atoms with van der Waals surface area (Å²) in [5.41, 5.74) is 3.38. The fourth-order valence-electron chi connectivity index (χ4n) is 1.57. The highest BCUT2D eigenvalue weighted by Gasteiger charge is 2.28. The Morgan fingerprint density at radius 3 is 3.30 bits per heavy atom. The Balaban J connectivity index is 2.05. The second-order valence-corrected chi connectivity index (χ2v) is 3.00. The number of rotatable bonds is 0. The lowest BCUT2D eigenvalue weighted by Crippen LogP contribution is -2.46. The van der Waals surface area contributed by atoms with Crippen molar-refractivity contribution in [2.75, 3.05) is 6.54 Å². The average Bonchev–Trinajstić information content (AvgIpc) is 2.27. The number of hydrogen-bond donors (Lipinski definition) is 2. The Kier molecular flexibility index (Phi) is 1.39. The first-order valence-corrected chi connectivity index (χ1v) is 3.80. The van der Waals surface area contributed by atoms with Crippen LogP contribution in [0.5, 0.6) is 0 Å². The van der Waals surface area contributed by atoms with Crippen LogP contribution in [0, 0.1) is 0 Å². The van der Waals surface area contributed by atoms with Crippen LogP contribution in [0.1, 0.15) is 13.3 Å². The number of hydrogen-bond acceptors (Lipinski definition) is 3. The van der Waals surface area contributed by atoms with E-state index >= 15 is 0 Å². The summed E-state index contributed by atoms with van der Waals surface area (Å²) in [5, 5.41) is 5.54. The minimum absolute atomic E-state index is 0.528. The van der Waals surface area contributed by atoms with Crippen molar-refractivity contribution >= 4 is 0 Å². The minimum Gasteiger partial charge on any atom is -0.375 e. The normalized spacial score (nSPS) is 39.3. The second-order valence-electron chi connectivity index (χ2n) is 3.00. The van der Waals surface area contributed by atoms with E-state index in [9.17, 15) is 0 Å². The zero-order valence-electron chi connectivity index (χ0n) is 6.17. The van der Waals surface area contributed by atoms with E-state index in [0.29, 0.717) is 12.2 Å². The van der Waals surface area contributed by atoms with Gasteiger partial charge >= 0.3 is 0 Å². The van der Waals surface area contributed by atoms with Crippen molar-refractivity contribution in [3.05, 3.63) is 12.3 Å². The van der Waals surface area contributed by atoms with Gasteiger partial charge in [-0.25, -0.2) is 5.01 Å². The third kappa shape index (κ3) is 0.914. The first kappa shape index (κ1) is 6.19. The molecule has 1 fully saturated rings. The quantitative estimate of drug-likeness (QED) is 0.496. The highest BCUT2D eigenvalue weighted by Crippen LogP contribution is 2.13. The monoisotopic (exact) mass is 139 g/mol. The van der Waals surface area contributed by atoms with Crippen LogP contribution in [-0.2, 0) is 0 Å². The SMILES string of the molecule is CC1CC2NC=CCN2N1. The molecule has 3 nitrogen and oxygen atoms in total. The second kappa shape index (κ2) is 2.25. The van der Waals surface area contributed by atoms with Gasteiger partial charge in [0.2, 0.25) is 0 Å². The topological polar surface area (TPSA) is 27.3 Å². The van der Waals surface area contributed by atoms with Gasteiger partial charge in [-0.1, -0.05) is 6.08 Å². The number of nitrogens with zero attached hydrogens (tertiary/aromatic N) is 1. The van der Waals surface area contributed by atoms with Gasteiger partial charge in [0.1, 0.15) is 0 Å². The van der Waals surface area contributed by atoms with Crippen LogP contribution in [0.3, 0.4) is 0 Å². The third-order valence-corrected chi connectivity index (χ3v) is 2.05. The molecule has 0 aromatic carbocycles. The Morgan fingerprint density at radius 2 is 2.50 bits per heavy atom. The summed E-state index contributed by atoms with van der Waals surface area (Å²) in [6, 6.07) is 0.623. The molecule has 10 heavy (non-hydrogen) atoms. The summed E-state index contributed by atoms with van der Waals surface area (Å²) in [6.07, 6.45) is 5.90. The zero-order valence-corrected chi connectivity index (χ0v) is 6.17. The maximum Gasteiger partial charge on any atom is 0.0939 e. The van der Waals surface area contributed by atoms with E-state index in [4.69, 9.17) is 0 Å². The lowest BCUT2D eigenvalue weighted by atomic mass is 10.2. The van der Waals surface area contributed by atoms with E-state index in [2.05, 4.69) is 28.8 Å². The van der Waals surface area contributed by atoms with E-state index in [1.807, 2.05) is 6.20 Å². The van der Waals surface area contributed by atoms with E-state index in [1.165, 1.54) is 6.42 Å². The van der Waals surface area contributed by atoms with E-state index in [1.54, 1.807) is 0 Å². The highest BCUT2D eigenvalue weighted by molar-refractivity contribution is 4.95. The van der Waals surface area contributed by atoms with E-state index in [-0.39, 0.29) is 0 Å². The molecular formula is C7H13N3. The lowest BCUT2D eigenvalue weighted by molar-refractivity contribution is 0.177. The lowest BCUT2D eigenvalue weighted by Gasteiger charge is -2.26. The van der Waals surface area contributed by atoms with Crippen molar-refractivity contribution in [1.82, 2.24) is 15.8 Å². The van der Waals surface area contributed by atoms with Crippen LogP contribution >= 0.6 is 0 Å². The van der Waals surface area contributed by atoms with Crippen LogP contribution in [0.15, 0.2) is 12.3 Å².